The number of Topliss-reactive ketones (excluding diaryl/α,β-unsaturated/α-hetero) is 1. The molecule has 2 aromatic rings. The number of fused-ring (bicyclic) bond motifs is 1. The summed E-state index contributed by atoms with van der Waals surface area (Å²) in [7, 11) is 0. The number of nitrogens with zero attached hydrogens (tertiary/aromatic N) is 2. The topological polar surface area (TPSA) is 74.8 Å². The normalized spacial score (nSPS) is 21.0. The van der Waals surface area contributed by atoms with Gasteiger partial charge < -0.3 is 0 Å². The number of hydrogen-bond acceptors (Lipinski definition) is 4. The monoisotopic (exact) mass is 436 g/mol. The molecular formula is C24H21ClN2O4. The van der Waals surface area contributed by atoms with Crippen LogP contribution in [-0.4, -0.2) is 39.6 Å². The third-order valence-electron chi connectivity index (χ3n) is 5.80. The van der Waals surface area contributed by atoms with E-state index in [2.05, 4.69) is 0 Å². The molecule has 31 heavy (non-hydrogen) atoms. The fraction of sp³-hybridized carbons (Fsp3) is 0.250. The van der Waals surface area contributed by atoms with Gasteiger partial charge in [-0.2, -0.15) is 5.01 Å². The molecule has 0 unspecified atom stereocenters. The van der Waals surface area contributed by atoms with Crippen LogP contribution in [0.1, 0.15) is 40.5 Å². The van der Waals surface area contributed by atoms with Gasteiger partial charge in [0.05, 0.1) is 11.8 Å². The molecule has 0 N–H and O–H groups in total. The minimum atomic E-state index is -1.06. The molecule has 0 saturated carbocycles. The SMILES string of the molecule is C[C@@H](C(=O)c1ccccc1)N(C(=O)c1ccc(Cl)cc1)N1C(=O)[C@H]2CC=CC[C@H]2C1=O. The Morgan fingerprint density at radius 2 is 1.45 bits per heavy atom. The predicted octanol–water partition coefficient (Wildman–Crippen LogP) is 3.92. The Morgan fingerprint density at radius 1 is 0.903 bits per heavy atom. The second-order valence-electron chi connectivity index (χ2n) is 7.71. The second-order valence-corrected chi connectivity index (χ2v) is 8.14. The maximum atomic E-state index is 13.5. The number of imide groups is 1. The van der Waals surface area contributed by atoms with E-state index in [1.165, 1.54) is 19.1 Å². The number of carbonyl (C=O) groups excluding carboxylic acids is 4. The molecule has 1 saturated heterocycles. The van der Waals surface area contributed by atoms with Crippen molar-refractivity contribution in [3.63, 3.8) is 0 Å². The number of carbonyl (C=O) groups is 4. The summed E-state index contributed by atoms with van der Waals surface area (Å²) >= 11 is 5.94. The first-order valence-corrected chi connectivity index (χ1v) is 10.5. The van der Waals surface area contributed by atoms with Gasteiger partial charge in [0.15, 0.2) is 5.78 Å². The highest BCUT2D eigenvalue weighted by Gasteiger charge is 2.52. The lowest BCUT2D eigenvalue weighted by atomic mass is 9.85. The highest BCUT2D eigenvalue weighted by atomic mass is 35.5. The first kappa shape index (κ1) is 21.0. The molecule has 1 fully saturated rings. The Kier molecular flexibility index (Phi) is 5.74. The molecule has 2 aliphatic rings. The van der Waals surface area contributed by atoms with E-state index in [-0.39, 0.29) is 11.3 Å². The Labute approximate surface area is 185 Å². The van der Waals surface area contributed by atoms with Gasteiger partial charge >= 0.3 is 0 Å². The summed E-state index contributed by atoms with van der Waals surface area (Å²) in [5.41, 5.74) is 0.618. The molecule has 0 aromatic heterocycles. The van der Waals surface area contributed by atoms with Crippen molar-refractivity contribution in [3.05, 3.63) is 82.9 Å². The summed E-state index contributed by atoms with van der Waals surface area (Å²) in [5.74, 6) is -2.91. The van der Waals surface area contributed by atoms with E-state index in [0.717, 1.165) is 10.0 Å². The molecule has 7 heteroatoms. The standard InChI is InChI=1S/C24H21ClN2O4/c1-15(21(28)16-7-3-2-4-8-16)26(22(29)17-11-13-18(25)14-12-17)27-23(30)19-9-5-6-10-20(19)24(27)31/h2-8,11-15,19-20H,9-10H2,1H3/t15-,19-,20+/m0/s1. The maximum Gasteiger partial charge on any atom is 0.273 e. The average molecular weight is 437 g/mol. The highest BCUT2D eigenvalue weighted by molar-refractivity contribution is 6.30. The zero-order valence-electron chi connectivity index (χ0n) is 16.9. The first-order chi connectivity index (χ1) is 14.9. The summed E-state index contributed by atoms with van der Waals surface area (Å²) in [6.45, 7) is 1.53. The zero-order chi connectivity index (χ0) is 22.1. The molecule has 3 atom stereocenters. The van der Waals surface area contributed by atoms with E-state index in [0.29, 0.717) is 23.4 Å². The number of rotatable bonds is 5. The van der Waals surface area contributed by atoms with Crippen LogP contribution in [-0.2, 0) is 9.59 Å². The molecule has 1 heterocycles. The van der Waals surface area contributed by atoms with Crippen molar-refractivity contribution in [2.24, 2.45) is 11.8 Å². The van der Waals surface area contributed by atoms with Gasteiger partial charge in [-0.3, -0.25) is 19.2 Å². The number of ketones is 1. The lowest BCUT2D eigenvalue weighted by Crippen LogP contribution is -2.56. The molecule has 3 amide bonds. The van der Waals surface area contributed by atoms with Crippen molar-refractivity contribution in [2.45, 2.75) is 25.8 Å². The van der Waals surface area contributed by atoms with Gasteiger partial charge in [-0.25, -0.2) is 5.01 Å². The third kappa shape index (κ3) is 3.79. The number of amides is 3. The van der Waals surface area contributed by atoms with Crippen molar-refractivity contribution in [1.29, 1.82) is 0 Å². The van der Waals surface area contributed by atoms with Gasteiger partial charge in [0.25, 0.3) is 17.7 Å². The van der Waals surface area contributed by atoms with Gasteiger partial charge in [-0.05, 0) is 44.0 Å². The number of allylic oxidation sites excluding steroid dienone is 2. The van der Waals surface area contributed by atoms with Gasteiger partial charge in [0, 0.05) is 16.1 Å². The van der Waals surface area contributed by atoms with Crippen LogP contribution in [0.25, 0.3) is 0 Å². The molecule has 0 bridgehead atoms. The molecule has 158 valence electrons. The number of benzene rings is 2. The summed E-state index contributed by atoms with van der Waals surface area (Å²) in [6.07, 6.45) is 4.63. The van der Waals surface area contributed by atoms with Crippen LogP contribution < -0.4 is 0 Å². The number of hydrazine groups is 1. The van der Waals surface area contributed by atoms with Crippen LogP contribution in [0, 0.1) is 11.8 Å². The van der Waals surface area contributed by atoms with Crippen LogP contribution >= 0.6 is 11.6 Å². The quantitative estimate of drug-likeness (QED) is 0.404. The average Bonchev–Trinajstić information content (AvgIpc) is 3.05. The Bertz CT molecular complexity index is 1040. The van der Waals surface area contributed by atoms with E-state index in [1.54, 1.807) is 42.5 Å². The smallest absolute Gasteiger partial charge is 0.273 e. The number of hydrogen-bond donors (Lipinski definition) is 0. The van der Waals surface area contributed by atoms with Crippen molar-refractivity contribution in [1.82, 2.24) is 10.0 Å². The molecule has 6 nitrogen and oxygen atoms in total. The van der Waals surface area contributed by atoms with Gasteiger partial charge in [0.2, 0.25) is 0 Å². The second kappa shape index (κ2) is 8.47. The van der Waals surface area contributed by atoms with Crippen LogP contribution in [0.2, 0.25) is 5.02 Å². The molecular weight excluding hydrogens is 416 g/mol. The van der Waals surface area contributed by atoms with E-state index in [9.17, 15) is 19.2 Å². The van der Waals surface area contributed by atoms with Gasteiger partial charge in [0.1, 0.15) is 6.04 Å². The summed E-state index contributed by atoms with van der Waals surface area (Å²) in [4.78, 5) is 53.0. The zero-order valence-corrected chi connectivity index (χ0v) is 17.7. The summed E-state index contributed by atoms with van der Waals surface area (Å²) in [6, 6.07) is 13.6. The lowest BCUT2D eigenvalue weighted by Gasteiger charge is -2.34. The highest BCUT2D eigenvalue weighted by Crippen LogP contribution is 2.37. The third-order valence-corrected chi connectivity index (χ3v) is 6.06. The minimum absolute atomic E-state index is 0.228. The molecule has 0 spiro atoms. The van der Waals surface area contributed by atoms with Crippen molar-refractivity contribution < 1.29 is 19.2 Å². The first-order valence-electron chi connectivity index (χ1n) is 10.1. The van der Waals surface area contributed by atoms with Crippen molar-refractivity contribution in [2.75, 3.05) is 0 Å². The largest absolute Gasteiger partial charge is 0.292 e. The van der Waals surface area contributed by atoms with Crippen LogP contribution in [0.15, 0.2) is 66.7 Å². The van der Waals surface area contributed by atoms with E-state index < -0.39 is 35.6 Å². The van der Waals surface area contributed by atoms with Crippen LogP contribution in [0.5, 0.6) is 0 Å². The molecule has 2 aromatic carbocycles. The fourth-order valence-electron chi connectivity index (χ4n) is 4.11. The van der Waals surface area contributed by atoms with E-state index in [4.69, 9.17) is 11.6 Å². The van der Waals surface area contributed by atoms with Gasteiger partial charge in [-0.1, -0.05) is 54.1 Å². The maximum absolute atomic E-state index is 13.5. The Balaban J connectivity index is 1.75. The summed E-state index contributed by atoms with van der Waals surface area (Å²) < 4.78 is 0. The summed E-state index contributed by atoms with van der Waals surface area (Å²) in [5, 5.41) is 2.36. The van der Waals surface area contributed by atoms with Crippen LogP contribution in [0.3, 0.4) is 0 Å². The lowest BCUT2D eigenvalue weighted by molar-refractivity contribution is -0.156. The molecule has 1 aliphatic carbocycles. The molecule has 4 rings (SSSR count). The predicted molar refractivity (Wildman–Crippen MR) is 115 cm³/mol. The van der Waals surface area contributed by atoms with Crippen LogP contribution in [0.4, 0.5) is 0 Å². The minimum Gasteiger partial charge on any atom is -0.292 e. The van der Waals surface area contributed by atoms with Crippen molar-refractivity contribution >= 4 is 35.1 Å². The Hall–Kier alpha value is -3.25. The Morgan fingerprint density at radius 3 is 2.00 bits per heavy atom. The number of halogens is 1. The fourth-order valence-corrected chi connectivity index (χ4v) is 4.24. The van der Waals surface area contributed by atoms with E-state index >= 15 is 0 Å². The van der Waals surface area contributed by atoms with E-state index in [1.807, 2.05) is 12.2 Å². The van der Waals surface area contributed by atoms with Crippen molar-refractivity contribution in [3.8, 4) is 0 Å². The molecule has 1 aliphatic heterocycles. The molecule has 0 radical (unpaired) electrons. The van der Waals surface area contributed by atoms with Gasteiger partial charge in [-0.15, -0.1) is 0 Å².